The van der Waals surface area contributed by atoms with Gasteiger partial charge >= 0.3 is 0 Å². The molecule has 1 atom stereocenters. The highest BCUT2D eigenvalue weighted by Gasteiger charge is 2.28. The third-order valence-corrected chi connectivity index (χ3v) is 5.79. The van der Waals surface area contributed by atoms with Crippen molar-refractivity contribution < 1.29 is 22.3 Å². The third-order valence-electron chi connectivity index (χ3n) is 4.25. The normalized spacial score (nSPS) is 19.3. The highest BCUT2D eigenvalue weighted by molar-refractivity contribution is 7.89. The van der Waals surface area contributed by atoms with E-state index in [-0.39, 0.29) is 23.3 Å². The van der Waals surface area contributed by atoms with Crippen LogP contribution >= 0.6 is 0 Å². The Morgan fingerprint density at radius 1 is 1.36 bits per heavy atom. The van der Waals surface area contributed by atoms with Gasteiger partial charge in [0.25, 0.3) is 0 Å². The summed E-state index contributed by atoms with van der Waals surface area (Å²) in [5, 5.41) is 0. The number of benzene rings is 1. The zero-order valence-electron chi connectivity index (χ0n) is 15.0. The van der Waals surface area contributed by atoms with Gasteiger partial charge in [0.1, 0.15) is 23.1 Å². The molecule has 6 nitrogen and oxygen atoms in total. The standard InChI is InChI=1S/C17H27FN2O4S/c1-13(2)20-8-4-5-15(12-20)19-25(21,22)17-11-14(18)6-7-16(17)24-10-9-23-3/h6-7,11,13,15,19H,4-5,8-10,12H2,1-3H3/t15-/m1/s1. The maximum absolute atomic E-state index is 13.6. The second-order valence-electron chi connectivity index (χ2n) is 6.48. The predicted octanol–water partition coefficient (Wildman–Crippen LogP) is 2.00. The molecule has 2 rings (SSSR count). The first-order valence-corrected chi connectivity index (χ1v) is 9.99. The molecule has 142 valence electrons. The predicted molar refractivity (Wildman–Crippen MR) is 93.8 cm³/mol. The molecule has 1 aromatic rings. The van der Waals surface area contributed by atoms with Gasteiger partial charge in [0.15, 0.2) is 0 Å². The van der Waals surface area contributed by atoms with Gasteiger partial charge in [-0.15, -0.1) is 0 Å². The second kappa shape index (κ2) is 8.93. The van der Waals surface area contributed by atoms with E-state index in [0.29, 0.717) is 19.2 Å². The fraction of sp³-hybridized carbons (Fsp3) is 0.647. The average Bonchev–Trinajstić information content (AvgIpc) is 2.56. The number of likely N-dealkylation sites (tertiary alicyclic amines) is 1. The third kappa shape index (κ3) is 5.64. The molecule has 1 N–H and O–H groups in total. The first-order valence-electron chi connectivity index (χ1n) is 8.51. The molecule has 1 saturated heterocycles. The number of piperidine rings is 1. The number of halogens is 1. The summed E-state index contributed by atoms with van der Waals surface area (Å²) in [6.45, 7) is 6.29. The number of nitrogens with one attached hydrogen (secondary N) is 1. The summed E-state index contributed by atoms with van der Waals surface area (Å²) < 4.78 is 52.2. The van der Waals surface area contributed by atoms with Crippen molar-refractivity contribution in [2.45, 2.75) is 43.7 Å². The molecule has 1 aromatic carbocycles. The fourth-order valence-corrected chi connectivity index (χ4v) is 4.32. The van der Waals surface area contributed by atoms with Crippen LogP contribution in [0.4, 0.5) is 4.39 Å². The van der Waals surface area contributed by atoms with Gasteiger partial charge in [-0.05, 0) is 51.4 Å². The van der Waals surface area contributed by atoms with Crippen molar-refractivity contribution in [3.63, 3.8) is 0 Å². The molecule has 0 aromatic heterocycles. The van der Waals surface area contributed by atoms with Crippen LogP contribution in [0.2, 0.25) is 0 Å². The van der Waals surface area contributed by atoms with Crippen molar-refractivity contribution in [3.8, 4) is 5.75 Å². The molecular formula is C17H27FN2O4S. The van der Waals surface area contributed by atoms with Crippen LogP contribution in [0.25, 0.3) is 0 Å². The second-order valence-corrected chi connectivity index (χ2v) is 8.16. The van der Waals surface area contributed by atoms with Crippen molar-refractivity contribution in [1.29, 1.82) is 0 Å². The molecule has 1 heterocycles. The van der Waals surface area contributed by atoms with Crippen LogP contribution in [0, 0.1) is 5.82 Å². The quantitative estimate of drug-likeness (QED) is 0.705. The van der Waals surface area contributed by atoms with Gasteiger partial charge in [-0.25, -0.2) is 17.5 Å². The van der Waals surface area contributed by atoms with Crippen LogP contribution in [0.5, 0.6) is 5.75 Å². The van der Waals surface area contributed by atoms with E-state index in [1.54, 1.807) is 0 Å². The van der Waals surface area contributed by atoms with E-state index in [4.69, 9.17) is 9.47 Å². The molecule has 0 saturated carbocycles. The van der Waals surface area contributed by atoms with Gasteiger partial charge in [-0.1, -0.05) is 0 Å². The summed E-state index contributed by atoms with van der Waals surface area (Å²) >= 11 is 0. The first kappa shape index (κ1) is 20.1. The Morgan fingerprint density at radius 2 is 2.12 bits per heavy atom. The molecule has 25 heavy (non-hydrogen) atoms. The van der Waals surface area contributed by atoms with Crippen LogP contribution in [0.3, 0.4) is 0 Å². The minimum atomic E-state index is -3.88. The Kier molecular flexibility index (Phi) is 7.18. The van der Waals surface area contributed by atoms with Crippen LogP contribution < -0.4 is 9.46 Å². The number of sulfonamides is 1. The van der Waals surface area contributed by atoms with Gasteiger partial charge in [0.05, 0.1) is 6.61 Å². The molecule has 1 fully saturated rings. The topological polar surface area (TPSA) is 67.9 Å². The largest absolute Gasteiger partial charge is 0.490 e. The van der Waals surface area contributed by atoms with Gasteiger partial charge in [0.2, 0.25) is 10.0 Å². The van der Waals surface area contributed by atoms with Crippen LogP contribution in [-0.4, -0.2) is 58.8 Å². The summed E-state index contributed by atoms with van der Waals surface area (Å²) in [6.07, 6.45) is 1.68. The van der Waals surface area contributed by atoms with Crippen LogP contribution in [0.15, 0.2) is 23.1 Å². The van der Waals surface area contributed by atoms with Gasteiger partial charge in [-0.2, -0.15) is 0 Å². The Bertz CT molecular complexity index is 667. The fourth-order valence-electron chi connectivity index (χ4n) is 2.90. The van der Waals surface area contributed by atoms with E-state index in [1.807, 2.05) is 0 Å². The van der Waals surface area contributed by atoms with Crippen molar-refractivity contribution in [1.82, 2.24) is 9.62 Å². The van der Waals surface area contributed by atoms with E-state index < -0.39 is 15.8 Å². The summed E-state index contributed by atoms with van der Waals surface area (Å²) in [4.78, 5) is 2.06. The Hall–Kier alpha value is -1.22. The maximum Gasteiger partial charge on any atom is 0.244 e. The van der Waals surface area contributed by atoms with Crippen LogP contribution in [-0.2, 0) is 14.8 Å². The van der Waals surface area contributed by atoms with Crippen molar-refractivity contribution in [2.24, 2.45) is 0 Å². The lowest BCUT2D eigenvalue weighted by Gasteiger charge is -2.35. The van der Waals surface area contributed by atoms with E-state index in [1.165, 1.54) is 19.2 Å². The minimum absolute atomic E-state index is 0.127. The Balaban J connectivity index is 2.16. The zero-order valence-corrected chi connectivity index (χ0v) is 15.8. The minimum Gasteiger partial charge on any atom is -0.490 e. The smallest absolute Gasteiger partial charge is 0.244 e. The summed E-state index contributed by atoms with van der Waals surface area (Å²) in [7, 11) is -2.36. The summed E-state index contributed by atoms with van der Waals surface area (Å²) in [5.74, 6) is -0.491. The molecule has 0 radical (unpaired) electrons. The Morgan fingerprint density at radius 3 is 2.80 bits per heavy atom. The van der Waals surface area contributed by atoms with E-state index in [9.17, 15) is 12.8 Å². The van der Waals surface area contributed by atoms with Crippen LogP contribution in [0.1, 0.15) is 26.7 Å². The van der Waals surface area contributed by atoms with Gasteiger partial charge in [0, 0.05) is 25.7 Å². The Labute approximate surface area is 149 Å². The van der Waals surface area contributed by atoms with E-state index >= 15 is 0 Å². The monoisotopic (exact) mass is 374 g/mol. The molecule has 1 aliphatic rings. The first-order chi connectivity index (χ1) is 11.8. The number of nitrogens with zero attached hydrogens (tertiary/aromatic N) is 1. The maximum atomic E-state index is 13.6. The number of hydrogen-bond donors (Lipinski definition) is 1. The molecule has 1 aliphatic heterocycles. The van der Waals surface area contributed by atoms with Gasteiger partial charge < -0.3 is 9.47 Å². The lowest BCUT2D eigenvalue weighted by atomic mass is 10.1. The van der Waals surface area contributed by atoms with E-state index in [0.717, 1.165) is 25.5 Å². The molecule has 8 heteroatoms. The molecule has 0 spiro atoms. The molecule has 0 unspecified atom stereocenters. The highest BCUT2D eigenvalue weighted by Crippen LogP contribution is 2.26. The molecular weight excluding hydrogens is 347 g/mol. The molecule has 0 aliphatic carbocycles. The SMILES string of the molecule is COCCOc1ccc(F)cc1S(=O)(=O)N[C@@H]1CCCN(C(C)C)C1. The number of rotatable bonds is 8. The highest BCUT2D eigenvalue weighted by atomic mass is 32.2. The van der Waals surface area contributed by atoms with Crippen molar-refractivity contribution >= 4 is 10.0 Å². The zero-order chi connectivity index (χ0) is 18.4. The van der Waals surface area contributed by atoms with E-state index in [2.05, 4.69) is 23.5 Å². The summed E-state index contributed by atoms with van der Waals surface area (Å²) in [6, 6.07) is 3.67. The van der Waals surface area contributed by atoms with Crippen molar-refractivity contribution in [3.05, 3.63) is 24.0 Å². The van der Waals surface area contributed by atoms with Crippen molar-refractivity contribution in [2.75, 3.05) is 33.4 Å². The number of methoxy groups -OCH3 is 1. The average molecular weight is 374 g/mol. The number of hydrogen-bond acceptors (Lipinski definition) is 5. The lowest BCUT2D eigenvalue weighted by Crippen LogP contribution is -2.49. The summed E-state index contributed by atoms with van der Waals surface area (Å²) in [5.41, 5.74) is 0. The lowest BCUT2D eigenvalue weighted by molar-refractivity contribution is 0.144. The molecule has 0 amide bonds. The molecule has 0 bridgehead atoms. The van der Waals surface area contributed by atoms with Gasteiger partial charge in [-0.3, -0.25) is 4.90 Å². The number of ether oxygens (including phenoxy) is 2.